The molecule has 0 unspecified atom stereocenters. The molecule has 0 radical (unpaired) electrons. The molecule has 0 saturated heterocycles. The first-order valence-electron chi connectivity index (χ1n) is 7.07. The SMILES string of the molecule is c1cnc(-c2ccn(Cc3ccc(C4N=NN=N4)cc3)n2)cn1. The standard InChI is InChI=1S/C15H12N8/c1-3-12(15-18-21-22-19-15)4-2-11(1)10-23-8-5-13(20-23)14-9-16-6-7-17-14/h1-9,15H,10H2. The maximum absolute atomic E-state index is 4.52. The van der Waals surface area contributed by atoms with E-state index in [1.807, 2.05) is 41.2 Å². The molecule has 0 saturated carbocycles. The predicted octanol–water partition coefficient (Wildman–Crippen LogP) is 3.22. The Bertz CT molecular complexity index is 839. The molecule has 1 aliphatic rings. The predicted molar refractivity (Wildman–Crippen MR) is 81.3 cm³/mol. The Labute approximate surface area is 131 Å². The van der Waals surface area contributed by atoms with Crippen LogP contribution in [0.5, 0.6) is 0 Å². The van der Waals surface area contributed by atoms with Crippen LogP contribution in [0.25, 0.3) is 11.4 Å². The number of hydrogen-bond acceptors (Lipinski definition) is 7. The minimum absolute atomic E-state index is 0.308. The van der Waals surface area contributed by atoms with Gasteiger partial charge in [-0.05, 0) is 22.1 Å². The van der Waals surface area contributed by atoms with Crippen LogP contribution in [0, 0.1) is 0 Å². The summed E-state index contributed by atoms with van der Waals surface area (Å²) in [5.74, 6) is 0. The van der Waals surface area contributed by atoms with Crippen LogP contribution in [0.4, 0.5) is 0 Å². The lowest BCUT2D eigenvalue weighted by Gasteiger charge is -2.05. The third-order valence-corrected chi connectivity index (χ3v) is 3.45. The van der Waals surface area contributed by atoms with E-state index >= 15 is 0 Å². The van der Waals surface area contributed by atoms with Gasteiger partial charge in [-0.3, -0.25) is 14.6 Å². The highest BCUT2D eigenvalue weighted by Gasteiger charge is 2.12. The molecule has 8 heteroatoms. The summed E-state index contributed by atoms with van der Waals surface area (Å²) in [7, 11) is 0. The fraction of sp³-hybridized carbons (Fsp3) is 0.133. The van der Waals surface area contributed by atoms with E-state index < -0.39 is 0 Å². The summed E-state index contributed by atoms with van der Waals surface area (Å²) in [5.41, 5.74) is 3.67. The third-order valence-electron chi connectivity index (χ3n) is 3.45. The van der Waals surface area contributed by atoms with Crippen LogP contribution in [-0.2, 0) is 6.54 Å². The molecule has 8 nitrogen and oxygen atoms in total. The van der Waals surface area contributed by atoms with Crippen molar-refractivity contribution >= 4 is 0 Å². The van der Waals surface area contributed by atoms with E-state index in [1.54, 1.807) is 18.6 Å². The van der Waals surface area contributed by atoms with Gasteiger partial charge < -0.3 is 0 Å². The second-order valence-electron chi connectivity index (χ2n) is 5.01. The zero-order valence-electron chi connectivity index (χ0n) is 12.1. The molecule has 1 aliphatic heterocycles. The fourth-order valence-electron chi connectivity index (χ4n) is 2.30. The monoisotopic (exact) mass is 304 g/mol. The smallest absolute Gasteiger partial charge is 0.210 e. The lowest BCUT2D eigenvalue weighted by Crippen LogP contribution is -2.01. The van der Waals surface area contributed by atoms with Crippen LogP contribution >= 0.6 is 0 Å². The van der Waals surface area contributed by atoms with Crippen molar-refractivity contribution in [2.24, 2.45) is 20.7 Å². The van der Waals surface area contributed by atoms with Crippen molar-refractivity contribution in [3.8, 4) is 11.4 Å². The molecule has 4 rings (SSSR count). The minimum Gasteiger partial charge on any atom is -0.268 e. The second kappa shape index (κ2) is 5.84. The van der Waals surface area contributed by atoms with E-state index in [9.17, 15) is 0 Å². The van der Waals surface area contributed by atoms with Gasteiger partial charge in [-0.25, -0.2) is 0 Å². The van der Waals surface area contributed by atoms with Crippen molar-refractivity contribution < 1.29 is 0 Å². The summed E-state index contributed by atoms with van der Waals surface area (Å²) < 4.78 is 1.87. The Morgan fingerprint density at radius 1 is 0.913 bits per heavy atom. The van der Waals surface area contributed by atoms with Crippen molar-refractivity contribution in [2.75, 3.05) is 0 Å². The highest BCUT2D eigenvalue weighted by atomic mass is 15.6. The van der Waals surface area contributed by atoms with Gasteiger partial charge in [0.25, 0.3) is 0 Å². The van der Waals surface area contributed by atoms with Gasteiger partial charge in [0, 0.05) is 24.2 Å². The first-order valence-corrected chi connectivity index (χ1v) is 7.07. The molecule has 112 valence electrons. The number of hydrogen-bond donors (Lipinski definition) is 0. The Morgan fingerprint density at radius 3 is 2.48 bits per heavy atom. The largest absolute Gasteiger partial charge is 0.268 e. The molecule has 3 heterocycles. The summed E-state index contributed by atoms with van der Waals surface area (Å²) in [6.45, 7) is 0.675. The van der Waals surface area contributed by atoms with Crippen LogP contribution < -0.4 is 0 Å². The summed E-state index contributed by atoms with van der Waals surface area (Å²) in [6.07, 6.45) is 6.62. The van der Waals surface area contributed by atoms with Gasteiger partial charge in [0.1, 0.15) is 11.4 Å². The number of benzene rings is 1. The topological polar surface area (TPSA) is 93.0 Å². The average molecular weight is 304 g/mol. The van der Waals surface area contributed by atoms with Crippen molar-refractivity contribution in [2.45, 2.75) is 12.7 Å². The molecule has 0 aliphatic carbocycles. The Morgan fingerprint density at radius 2 is 1.74 bits per heavy atom. The third kappa shape index (κ3) is 2.86. The lowest BCUT2D eigenvalue weighted by molar-refractivity contribution is 0.687. The number of nitrogens with zero attached hydrogens (tertiary/aromatic N) is 8. The Balaban J connectivity index is 1.49. The Hall–Kier alpha value is -3.29. The summed E-state index contributed by atoms with van der Waals surface area (Å²) in [5, 5.41) is 19.4. The van der Waals surface area contributed by atoms with Crippen LogP contribution in [0.2, 0.25) is 0 Å². The van der Waals surface area contributed by atoms with Crippen molar-refractivity contribution in [3.05, 3.63) is 66.2 Å². The first-order chi connectivity index (χ1) is 11.4. The second-order valence-corrected chi connectivity index (χ2v) is 5.01. The van der Waals surface area contributed by atoms with Crippen LogP contribution in [-0.4, -0.2) is 19.7 Å². The number of aromatic nitrogens is 4. The van der Waals surface area contributed by atoms with Gasteiger partial charge in [0.15, 0.2) is 0 Å². The quantitative estimate of drug-likeness (QED) is 0.740. The molecule has 0 spiro atoms. The van der Waals surface area contributed by atoms with Crippen LogP contribution in [0.1, 0.15) is 17.3 Å². The van der Waals surface area contributed by atoms with Crippen molar-refractivity contribution in [1.29, 1.82) is 0 Å². The normalized spacial score (nSPS) is 13.7. The Kier molecular flexibility index (Phi) is 3.39. The fourth-order valence-corrected chi connectivity index (χ4v) is 2.30. The van der Waals surface area contributed by atoms with Gasteiger partial charge in [-0.1, -0.05) is 24.3 Å². The van der Waals surface area contributed by atoms with Gasteiger partial charge in [0.2, 0.25) is 6.17 Å². The highest BCUT2D eigenvalue weighted by Crippen LogP contribution is 2.24. The molecule has 0 bridgehead atoms. The molecule has 0 amide bonds. The van der Waals surface area contributed by atoms with E-state index in [0.717, 1.165) is 22.5 Å². The summed E-state index contributed by atoms with van der Waals surface area (Å²) in [6, 6.07) is 9.95. The minimum atomic E-state index is -0.308. The van der Waals surface area contributed by atoms with E-state index in [1.165, 1.54) is 0 Å². The first kappa shape index (κ1) is 13.4. The maximum atomic E-state index is 4.52. The average Bonchev–Trinajstić information content (AvgIpc) is 3.28. The van der Waals surface area contributed by atoms with E-state index in [4.69, 9.17) is 0 Å². The molecule has 23 heavy (non-hydrogen) atoms. The molecule has 0 fully saturated rings. The van der Waals surface area contributed by atoms with Gasteiger partial charge in [-0.15, -0.1) is 10.2 Å². The zero-order valence-corrected chi connectivity index (χ0v) is 12.1. The molecule has 2 aromatic heterocycles. The summed E-state index contributed by atoms with van der Waals surface area (Å²) >= 11 is 0. The van der Waals surface area contributed by atoms with Gasteiger partial charge in [-0.2, -0.15) is 5.10 Å². The number of rotatable bonds is 4. The van der Waals surface area contributed by atoms with Crippen LogP contribution in [0.15, 0.2) is 75.8 Å². The van der Waals surface area contributed by atoms with E-state index in [2.05, 4.69) is 35.7 Å². The van der Waals surface area contributed by atoms with E-state index in [0.29, 0.717) is 6.54 Å². The highest BCUT2D eigenvalue weighted by molar-refractivity contribution is 5.51. The molecule has 1 aromatic carbocycles. The van der Waals surface area contributed by atoms with Crippen molar-refractivity contribution in [3.63, 3.8) is 0 Å². The maximum Gasteiger partial charge on any atom is 0.210 e. The van der Waals surface area contributed by atoms with Gasteiger partial charge in [0.05, 0.1) is 12.7 Å². The zero-order chi connectivity index (χ0) is 15.5. The summed E-state index contributed by atoms with van der Waals surface area (Å²) in [4.78, 5) is 8.31. The van der Waals surface area contributed by atoms with Gasteiger partial charge >= 0.3 is 0 Å². The molecule has 3 aromatic rings. The van der Waals surface area contributed by atoms with E-state index in [-0.39, 0.29) is 6.17 Å². The van der Waals surface area contributed by atoms with Crippen LogP contribution in [0.3, 0.4) is 0 Å². The lowest BCUT2D eigenvalue weighted by atomic mass is 10.1. The van der Waals surface area contributed by atoms with Crippen molar-refractivity contribution in [1.82, 2.24) is 19.7 Å². The molecular formula is C15H12N8. The molecule has 0 N–H and O–H groups in total. The molecule has 0 atom stereocenters. The molecular weight excluding hydrogens is 292 g/mol.